The van der Waals surface area contributed by atoms with Crippen molar-refractivity contribution in [1.82, 2.24) is 5.32 Å². The highest BCUT2D eigenvalue weighted by Gasteiger charge is 2.22. The molecule has 27 heavy (non-hydrogen) atoms. The van der Waals surface area contributed by atoms with Gasteiger partial charge in [0.2, 0.25) is 15.9 Å². The molecular formula is C21H28N2O3S. The quantitative estimate of drug-likeness (QED) is 0.751. The molecule has 0 aromatic heterocycles. The number of para-hydroxylation sites is 1. The van der Waals surface area contributed by atoms with Gasteiger partial charge in [-0.15, -0.1) is 0 Å². The molecule has 0 atom stereocenters. The Balaban J connectivity index is 2.06. The van der Waals surface area contributed by atoms with E-state index in [4.69, 9.17) is 0 Å². The first-order valence-corrected chi connectivity index (χ1v) is 10.9. The molecule has 2 rings (SSSR count). The van der Waals surface area contributed by atoms with Crippen LogP contribution in [0.5, 0.6) is 0 Å². The van der Waals surface area contributed by atoms with Crippen molar-refractivity contribution in [2.24, 2.45) is 0 Å². The number of sulfonamides is 1. The molecule has 0 aliphatic heterocycles. The van der Waals surface area contributed by atoms with Crippen LogP contribution in [0.1, 0.15) is 42.9 Å². The highest BCUT2D eigenvalue weighted by molar-refractivity contribution is 7.92. The van der Waals surface area contributed by atoms with Gasteiger partial charge in [-0.25, -0.2) is 8.42 Å². The summed E-state index contributed by atoms with van der Waals surface area (Å²) in [7, 11) is -3.49. The maximum atomic E-state index is 12.3. The predicted molar refractivity (Wildman–Crippen MR) is 110 cm³/mol. The molecule has 1 amide bonds. The van der Waals surface area contributed by atoms with E-state index in [9.17, 15) is 13.2 Å². The summed E-state index contributed by atoms with van der Waals surface area (Å²) in [5, 5.41) is 2.86. The minimum absolute atomic E-state index is 0.102. The van der Waals surface area contributed by atoms with Crippen molar-refractivity contribution in [1.29, 1.82) is 0 Å². The van der Waals surface area contributed by atoms with Crippen molar-refractivity contribution in [2.45, 2.75) is 39.7 Å². The fourth-order valence-corrected chi connectivity index (χ4v) is 3.93. The molecule has 0 fully saturated rings. The standard InChI is InChI=1S/C21H28N2O3S/c1-16(2)19-10-5-6-11-20(19)23(27(4,25)26)13-12-21(24)22-15-18-9-7-8-17(3)14-18/h5-11,14,16H,12-13,15H2,1-4H3,(H,22,24). The number of carbonyl (C=O) groups is 1. The third kappa shape index (κ3) is 6.10. The van der Waals surface area contributed by atoms with Crippen LogP contribution >= 0.6 is 0 Å². The Hall–Kier alpha value is -2.34. The Bertz CT molecular complexity index is 892. The number of nitrogens with zero attached hydrogens (tertiary/aromatic N) is 1. The summed E-state index contributed by atoms with van der Waals surface area (Å²) in [6.45, 7) is 6.59. The maximum Gasteiger partial charge on any atom is 0.232 e. The number of nitrogens with one attached hydrogen (secondary N) is 1. The van der Waals surface area contributed by atoms with Crippen LogP contribution in [-0.4, -0.2) is 27.1 Å². The van der Waals surface area contributed by atoms with E-state index in [1.165, 1.54) is 10.6 Å². The molecule has 0 saturated carbocycles. The van der Waals surface area contributed by atoms with Crippen LogP contribution in [0.3, 0.4) is 0 Å². The van der Waals surface area contributed by atoms with Gasteiger partial charge in [0.15, 0.2) is 0 Å². The van der Waals surface area contributed by atoms with Gasteiger partial charge in [-0.05, 0) is 30.0 Å². The van der Waals surface area contributed by atoms with Crippen molar-refractivity contribution < 1.29 is 13.2 Å². The number of anilines is 1. The first kappa shape index (κ1) is 21.0. The largest absolute Gasteiger partial charge is 0.352 e. The second-order valence-corrected chi connectivity index (χ2v) is 8.97. The average molecular weight is 389 g/mol. The fraction of sp³-hybridized carbons (Fsp3) is 0.381. The molecule has 0 heterocycles. The SMILES string of the molecule is Cc1cccc(CNC(=O)CCN(c2ccccc2C(C)C)S(C)(=O)=O)c1. The van der Waals surface area contributed by atoms with Gasteiger partial charge in [0.25, 0.3) is 0 Å². The molecular weight excluding hydrogens is 360 g/mol. The summed E-state index contributed by atoms with van der Waals surface area (Å²) in [6, 6.07) is 15.4. The topological polar surface area (TPSA) is 66.5 Å². The van der Waals surface area contributed by atoms with E-state index >= 15 is 0 Å². The lowest BCUT2D eigenvalue weighted by molar-refractivity contribution is -0.121. The minimum atomic E-state index is -3.49. The lowest BCUT2D eigenvalue weighted by atomic mass is 10.0. The normalized spacial score (nSPS) is 11.4. The Morgan fingerprint density at radius 2 is 1.81 bits per heavy atom. The lowest BCUT2D eigenvalue weighted by Gasteiger charge is -2.26. The van der Waals surface area contributed by atoms with Crippen LogP contribution in [0.4, 0.5) is 5.69 Å². The smallest absolute Gasteiger partial charge is 0.232 e. The summed E-state index contributed by atoms with van der Waals surface area (Å²) in [4.78, 5) is 12.3. The summed E-state index contributed by atoms with van der Waals surface area (Å²) in [5.41, 5.74) is 3.74. The highest BCUT2D eigenvalue weighted by atomic mass is 32.2. The van der Waals surface area contributed by atoms with E-state index in [1.54, 1.807) is 6.07 Å². The maximum absolute atomic E-state index is 12.3. The van der Waals surface area contributed by atoms with E-state index in [0.29, 0.717) is 12.2 Å². The second kappa shape index (κ2) is 9.04. The Morgan fingerprint density at radius 1 is 1.11 bits per heavy atom. The zero-order valence-corrected chi connectivity index (χ0v) is 17.2. The van der Waals surface area contributed by atoms with Crippen molar-refractivity contribution in [2.75, 3.05) is 17.1 Å². The van der Waals surface area contributed by atoms with E-state index < -0.39 is 10.0 Å². The van der Waals surface area contributed by atoms with Crippen LogP contribution in [0, 0.1) is 6.92 Å². The first-order valence-electron chi connectivity index (χ1n) is 9.07. The lowest BCUT2D eigenvalue weighted by Crippen LogP contribution is -2.35. The first-order chi connectivity index (χ1) is 12.7. The number of amides is 1. The fourth-order valence-electron chi connectivity index (χ4n) is 2.98. The number of rotatable bonds is 8. The van der Waals surface area contributed by atoms with Gasteiger partial charge in [-0.3, -0.25) is 9.10 Å². The molecule has 2 aromatic rings. The summed E-state index contributed by atoms with van der Waals surface area (Å²) < 4.78 is 26.0. The Labute approximate surface area is 162 Å². The summed E-state index contributed by atoms with van der Waals surface area (Å²) in [5.74, 6) is 0.00720. The van der Waals surface area contributed by atoms with Gasteiger partial charge in [0.1, 0.15) is 0 Å². The molecule has 6 heteroatoms. The zero-order chi connectivity index (χ0) is 20.0. The predicted octanol–water partition coefficient (Wildman–Crippen LogP) is 3.59. The number of carbonyl (C=O) groups excluding carboxylic acids is 1. The average Bonchev–Trinajstić information content (AvgIpc) is 2.59. The third-order valence-corrected chi connectivity index (χ3v) is 5.52. The van der Waals surface area contributed by atoms with E-state index in [-0.39, 0.29) is 24.8 Å². The van der Waals surface area contributed by atoms with E-state index in [1.807, 2.05) is 63.2 Å². The van der Waals surface area contributed by atoms with Gasteiger partial charge < -0.3 is 5.32 Å². The van der Waals surface area contributed by atoms with Crippen LogP contribution in [0.25, 0.3) is 0 Å². The van der Waals surface area contributed by atoms with Crippen LogP contribution in [-0.2, 0) is 21.4 Å². The van der Waals surface area contributed by atoms with Crippen molar-refractivity contribution >= 4 is 21.6 Å². The number of hydrogen-bond donors (Lipinski definition) is 1. The summed E-state index contributed by atoms with van der Waals surface area (Å²) in [6.07, 6.45) is 1.28. The van der Waals surface area contributed by atoms with E-state index in [0.717, 1.165) is 16.7 Å². The molecule has 0 aliphatic rings. The third-order valence-electron chi connectivity index (χ3n) is 4.34. The van der Waals surface area contributed by atoms with Crippen LogP contribution < -0.4 is 9.62 Å². The van der Waals surface area contributed by atoms with E-state index in [2.05, 4.69) is 5.32 Å². The van der Waals surface area contributed by atoms with Crippen LogP contribution in [0.15, 0.2) is 48.5 Å². The van der Waals surface area contributed by atoms with Gasteiger partial charge in [0.05, 0.1) is 11.9 Å². The van der Waals surface area contributed by atoms with Gasteiger partial charge in [-0.1, -0.05) is 61.9 Å². The monoisotopic (exact) mass is 388 g/mol. The molecule has 0 radical (unpaired) electrons. The van der Waals surface area contributed by atoms with Gasteiger partial charge in [-0.2, -0.15) is 0 Å². The Morgan fingerprint density at radius 3 is 2.44 bits per heavy atom. The molecule has 0 saturated heterocycles. The number of aryl methyl sites for hydroxylation is 1. The number of hydrogen-bond acceptors (Lipinski definition) is 3. The van der Waals surface area contributed by atoms with Crippen LogP contribution in [0.2, 0.25) is 0 Å². The van der Waals surface area contributed by atoms with Crippen molar-refractivity contribution in [3.63, 3.8) is 0 Å². The van der Waals surface area contributed by atoms with Crippen molar-refractivity contribution in [3.8, 4) is 0 Å². The molecule has 5 nitrogen and oxygen atoms in total. The summed E-state index contributed by atoms with van der Waals surface area (Å²) >= 11 is 0. The molecule has 0 unspecified atom stereocenters. The van der Waals surface area contributed by atoms with Gasteiger partial charge >= 0.3 is 0 Å². The van der Waals surface area contributed by atoms with Crippen molar-refractivity contribution in [3.05, 3.63) is 65.2 Å². The van der Waals surface area contributed by atoms with Gasteiger partial charge in [0, 0.05) is 19.5 Å². The molecule has 2 aromatic carbocycles. The minimum Gasteiger partial charge on any atom is -0.352 e. The molecule has 146 valence electrons. The molecule has 0 aliphatic carbocycles. The molecule has 0 bridgehead atoms. The second-order valence-electron chi connectivity index (χ2n) is 7.06. The highest BCUT2D eigenvalue weighted by Crippen LogP contribution is 2.29. The zero-order valence-electron chi connectivity index (χ0n) is 16.4. The molecule has 1 N–H and O–H groups in total. The molecule has 0 spiro atoms. The number of benzene rings is 2. The Kier molecular flexibility index (Phi) is 7.02.